The van der Waals surface area contributed by atoms with Crippen LogP contribution < -0.4 is 17.7 Å². The van der Waals surface area contributed by atoms with E-state index < -0.39 is 0 Å². The molecule has 6 unspecified atom stereocenters. The summed E-state index contributed by atoms with van der Waals surface area (Å²) in [6.07, 6.45) is 14.3. The molecular weight excluding hydrogens is 246 g/mol. The van der Waals surface area contributed by atoms with E-state index >= 15 is 0 Å². The minimum absolute atomic E-state index is 0. The number of fused-ring (bicyclic) bond motifs is 4. The van der Waals surface area contributed by atoms with Gasteiger partial charge in [0.1, 0.15) is 0 Å². The quantitative estimate of drug-likeness (QED) is 0.595. The molecule has 0 spiro atoms. The van der Waals surface area contributed by atoms with Crippen LogP contribution in [0, 0.1) is 17.8 Å². The highest BCUT2D eigenvalue weighted by Crippen LogP contribution is 2.46. The van der Waals surface area contributed by atoms with Gasteiger partial charge in [-0.25, -0.2) is 5.32 Å². The van der Waals surface area contributed by atoms with E-state index in [0.29, 0.717) is 6.23 Å². The normalized spacial score (nSPS) is 50.7. The average Bonchev–Trinajstić information content (AvgIpc) is 2.73. The Bertz CT molecular complexity index is 296. The highest BCUT2D eigenvalue weighted by molar-refractivity contribution is 4.99. The molecule has 104 valence electrons. The molecule has 0 amide bonds. The standard InChI is InChI=1S/C15H25NO.ClH/c1-4-8-14-10(5-1)9-12-11-6-2-3-7-13(11)16-15(12)17-14;/h10-16H,1-9H2;1H. The molecule has 0 aromatic carbocycles. The minimum Gasteiger partial charge on any atom is -1.00 e. The van der Waals surface area contributed by atoms with Gasteiger partial charge < -0.3 is 17.1 Å². The van der Waals surface area contributed by atoms with Gasteiger partial charge in [-0.2, -0.15) is 0 Å². The van der Waals surface area contributed by atoms with Crippen molar-refractivity contribution in [3.8, 4) is 0 Å². The molecule has 0 aromatic heterocycles. The molecule has 0 aromatic rings. The number of hydrogen-bond acceptors (Lipinski definition) is 1. The van der Waals surface area contributed by atoms with Crippen LogP contribution in [0.2, 0.25) is 0 Å². The Morgan fingerprint density at radius 1 is 0.833 bits per heavy atom. The number of aliphatic hydroxyl groups is 2. The van der Waals surface area contributed by atoms with Gasteiger partial charge in [0.25, 0.3) is 0 Å². The fourth-order valence-electron chi connectivity index (χ4n) is 5.13. The summed E-state index contributed by atoms with van der Waals surface area (Å²) in [6.45, 7) is 0. The van der Waals surface area contributed by atoms with Crippen molar-refractivity contribution in [2.24, 2.45) is 17.8 Å². The molecule has 2 saturated heterocycles. The number of hydrogen-bond donors (Lipinski definition) is 1. The molecule has 0 bridgehead atoms. The van der Waals surface area contributed by atoms with Crippen LogP contribution in [0.5, 0.6) is 0 Å². The van der Waals surface area contributed by atoms with Crippen LogP contribution in [-0.4, -0.2) is 23.1 Å². The Morgan fingerprint density at radius 3 is 2.56 bits per heavy atom. The third kappa shape index (κ3) is 2.10. The Hall–Kier alpha value is 0.210. The van der Waals surface area contributed by atoms with Gasteiger partial charge >= 0.3 is 0 Å². The summed E-state index contributed by atoms with van der Waals surface area (Å²) >= 11 is 0. The lowest BCUT2D eigenvalue weighted by Gasteiger charge is -2.39. The number of halogens is 1. The monoisotopic (exact) mass is 271 g/mol. The van der Waals surface area contributed by atoms with Crippen LogP contribution in [0.1, 0.15) is 57.8 Å². The van der Waals surface area contributed by atoms with Crippen molar-refractivity contribution in [3.05, 3.63) is 0 Å². The first-order valence-electron chi connectivity index (χ1n) is 7.88. The van der Waals surface area contributed by atoms with E-state index in [1.165, 1.54) is 57.8 Å². The lowest BCUT2D eigenvalue weighted by molar-refractivity contribution is -0.244. The Labute approximate surface area is 117 Å². The van der Waals surface area contributed by atoms with E-state index in [0.717, 1.165) is 29.9 Å². The molecule has 18 heavy (non-hydrogen) atoms. The van der Waals surface area contributed by atoms with Crippen LogP contribution in [0.15, 0.2) is 0 Å². The van der Waals surface area contributed by atoms with Crippen molar-refractivity contribution >= 4 is 0 Å². The summed E-state index contributed by atoms with van der Waals surface area (Å²) in [5.41, 5.74) is 0. The second-order valence-corrected chi connectivity index (χ2v) is 6.83. The van der Waals surface area contributed by atoms with E-state index in [1.807, 2.05) is 0 Å². The van der Waals surface area contributed by atoms with Crippen molar-refractivity contribution in [2.45, 2.75) is 76.2 Å². The zero-order chi connectivity index (χ0) is 11.2. The van der Waals surface area contributed by atoms with E-state index in [2.05, 4.69) is 5.32 Å². The van der Waals surface area contributed by atoms with Crippen molar-refractivity contribution in [2.75, 3.05) is 0 Å². The molecule has 2 aliphatic carbocycles. The Kier molecular flexibility index (Phi) is 3.89. The number of ether oxygens (including phenoxy) is 1. The molecule has 6 atom stereocenters. The summed E-state index contributed by atoms with van der Waals surface area (Å²) in [7, 11) is 0. The van der Waals surface area contributed by atoms with E-state index in [1.54, 1.807) is 0 Å². The highest BCUT2D eigenvalue weighted by Gasteiger charge is 2.53. The van der Waals surface area contributed by atoms with Crippen LogP contribution in [0.3, 0.4) is 0 Å². The molecule has 2 aliphatic heterocycles. The predicted octanol–water partition coefficient (Wildman–Crippen LogP) is -0.415. The van der Waals surface area contributed by atoms with Gasteiger partial charge in [0, 0.05) is 18.4 Å². The summed E-state index contributed by atoms with van der Waals surface area (Å²) in [5.74, 6) is 2.83. The summed E-state index contributed by atoms with van der Waals surface area (Å²) < 4.78 is 5.18. The van der Waals surface area contributed by atoms with Gasteiger partial charge in [0.05, 0.1) is 5.92 Å². The zero-order valence-corrected chi connectivity index (χ0v) is 11.9. The third-order valence-electron chi connectivity index (χ3n) is 5.96. The van der Waals surface area contributed by atoms with E-state index in [4.69, 9.17) is 4.74 Å². The number of nitrogens with one attached hydrogen (secondary N) is 1. The van der Waals surface area contributed by atoms with Crippen molar-refractivity contribution in [3.63, 3.8) is 0 Å². The van der Waals surface area contributed by atoms with Gasteiger partial charge in [-0.1, -0.05) is 19.3 Å². The van der Waals surface area contributed by atoms with Crippen LogP contribution >= 0.6 is 0 Å². The van der Waals surface area contributed by atoms with E-state index in [-0.39, 0.29) is 12.4 Å². The highest BCUT2D eigenvalue weighted by atomic mass is 35.5. The first-order chi connectivity index (χ1) is 8.42. The maximum absolute atomic E-state index is 5.18. The first kappa shape index (κ1) is 13.2. The molecule has 4 fully saturated rings. The maximum Gasteiger partial charge on any atom is 0.215 e. The minimum atomic E-state index is 0. The lowest BCUT2D eigenvalue weighted by atomic mass is 9.71. The summed E-state index contributed by atoms with van der Waals surface area (Å²) in [6, 6.07) is 0.822. The smallest absolute Gasteiger partial charge is 0.215 e. The van der Waals surface area contributed by atoms with E-state index in [9.17, 15) is 0 Å². The molecule has 2 saturated carbocycles. The molecule has 3 heteroatoms. The number of rotatable bonds is 0. The molecule has 4 rings (SSSR count). The molecule has 2 nitrogen and oxygen atoms in total. The Balaban J connectivity index is 0.000001000. The topological polar surface area (TPSA) is 24.8 Å². The fourth-order valence-corrected chi connectivity index (χ4v) is 5.13. The third-order valence-corrected chi connectivity index (χ3v) is 5.96. The van der Waals surface area contributed by atoms with Crippen LogP contribution in [0.4, 0.5) is 0 Å². The van der Waals surface area contributed by atoms with Crippen LogP contribution in [-0.2, 0) is 0 Å². The fraction of sp³-hybridized carbons (Fsp3) is 1.00. The van der Waals surface area contributed by atoms with Gasteiger partial charge in [-0.05, 0) is 38.0 Å². The Morgan fingerprint density at radius 2 is 1.61 bits per heavy atom. The molecule has 0 radical (unpaired) electrons. The molecule has 2 heterocycles. The second-order valence-electron chi connectivity index (χ2n) is 6.83. The molecular formula is C15H26ClNO. The first-order valence-corrected chi connectivity index (χ1v) is 7.88. The van der Waals surface area contributed by atoms with Gasteiger partial charge in [-0.3, -0.25) is 0 Å². The van der Waals surface area contributed by atoms with Crippen molar-refractivity contribution in [1.29, 1.82) is 0 Å². The predicted molar refractivity (Wildman–Crippen MR) is 68.7 cm³/mol. The lowest BCUT2D eigenvalue weighted by Crippen LogP contribution is -3.00. The second kappa shape index (κ2) is 5.30. The van der Waals surface area contributed by atoms with Crippen molar-refractivity contribution in [1.82, 2.24) is 5.32 Å². The summed E-state index contributed by atoms with van der Waals surface area (Å²) in [5, 5.41) is 3.86. The average molecular weight is 272 g/mol. The zero-order valence-electron chi connectivity index (χ0n) is 11.2. The molecule has 4 aliphatic rings. The van der Waals surface area contributed by atoms with Crippen molar-refractivity contribution < 1.29 is 17.1 Å². The van der Waals surface area contributed by atoms with Gasteiger partial charge in [0.15, 0.2) is 6.10 Å². The largest absolute Gasteiger partial charge is 1.00 e. The van der Waals surface area contributed by atoms with Crippen LogP contribution in [0.25, 0.3) is 0 Å². The van der Waals surface area contributed by atoms with Gasteiger partial charge in [0.2, 0.25) is 6.23 Å². The van der Waals surface area contributed by atoms with Gasteiger partial charge in [-0.15, -0.1) is 0 Å². The maximum atomic E-state index is 5.18. The SMILES string of the molecule is C1CCC2[OH+]C3NC4CCCCC4C3CC2C1.[Cl-]. The molecule has 2 N–H and O–H groups in total. The summed E-state index contributed by atoms with van der Waals surface area (Å²) in [4.78, 5) is 0.